The summed E-state index contributed by atoms with van der Waals surface area (Å²) in [5.74, 6) is -1.30. The molecule has 6 heteroatoms. The Morgan fingerprint density at radius 1 is 1.45 bits per heavy atom. The van der Waals surface area contributed by atoms with E-state index in [1.54, 1.807) is 0 Å². The van der Waals surface area contributed by atoms with Gasteiger partial charge < -0.3 is 22.3 Å². The van der Waals surface area contributed by atoms with Crippen molar-refractivity contribution in [1.82, 2.24) is 9.97 Å². The van der Waals surface area contributed by atoms with E-state index < -0.39 is 5.97 Å². The minimum Gasteiger partial charge on any atom is -1.00 e. The number of carbonyl (C=O) groups is 1. The molecule has 0 spiro atoms. The summed E-state index contributed by atoms with van der Waals surface area (Å²) >= 11 is 0. The van der Waals surface area contributed by atoms with Crippen LogP contribution in [0.1, 0.15) is 10.5 Å². The first kappa shape index (κ1) is 13.0. The summed E-state index contributed by atoms with van der Waals surface area (Å²) in [5, 5.41) is 9.99. The third-order valence-corrected chi connectivity index (χ3v) is 0.772. The van der Waals surface area contributed by atoms with Gasteiger partial charge in [0.05, 0.1) is 12.2 Å². The largest absolute Gasteiger partial charge is 2.00 e. The molecule has 0 N–H and O–H groups in total. The predicted octanol–water partition coefficient (Wildman–Crippen LogP) is -4.16. The van der Waals surface area contributed by atoms with Gasteiger partial charge in [0.2, 0.25) is 0 Å². The summed E-state index contributed by atoms with van der Waals surface area (Å²) in [5.41, 5.74) is -0.141. The number of aromatic carboxylic acids is 1. The number of aromatic nitrogens is 2. The molecule has 1 aromatic rings. The van der Waals surface area contributed by atoms with E-state index in [1.807, 2.05) is 0 Å². The Balaban J connectivity index is 0. The van der Waals surface area contributed by atoms with Gasteiger partial charge in [-0.3, -0.25) is 9.97 Å². The van der Waals surface area contributed by atoms with Crippen LogP contribution in [-0.4, -0.2) is 15.9 Å². The first-order chi connectivity index (χ1) is 4.30. The topological polar surface area (TPSA) is 65.9 Å². The zero-order valence-corrected chi connectivity index (χ0v) is 6.82. The van der Waals surface area contributed by atoms with Gasteiger partial charge in [0, 0.05) is 12.4 Å². The molecule has 0 aliphatic carbocycles. The van der Waals surface area contributed by atoms with Crippen LogP contribution in [-0.2, 0) is 17.1 Å². The molecule has 0 aromatic carbocycles. The maximum atomic E-state index is 9.99. The van der Waals surface area contributed by atoms with Crippen LogP contribution < -0.4 is 17.5 Å². The van der Waals surface area contributed by atoms with Gasteiger partial charge in [-0.25, -0.2) is 0 Å². The van der Waals surface area contributed by atoms with Gasteiger partial charge >= 0.3 is 17.1 Å². The summed E-state index contributed by atoms with van der Waals surface area (Å²) in [4.78, 5) is 17.0. The molecule has 0 bridgehead atoms. The molecule has 0 unspecified atom stereocenters. The van der Waals surface area contributed by atoms with Crippen LogP contribution in [0.3, 0.4) is 0 Å². The minimum absolute atomic E-state index is 0. The van der Waals surface area contributed by atoms with Crippen molar-refractivity contribution in [2.24, 2.45) is 0 Å². The standard InChI is InChI=1S/C5H4N2O2.ClH.Cu/c8-5(9)4-3-6-1-2-7-4;;/h1-3H,(H,8,9);1H;/q;;+2/p-2. The van der Waals surface area contributed by atoms with Crippen molar-refractivity contribution >= 4 is 5.97 Å². The van der Waals surface area contributed by atoms with Crippen LogP contribution in [0.5, 0.6) is 0 Å². The van der Waals surface area contributed by atoms with Gasteiger partial charge in [-0.15, -0.1) is 0 Å². The van der Waals surface area contributed by atoms with Crippen LogP contribution in [0.25, 0.3) is 0 Å². The van der Waals surface area contributed by atoms with E-state index in [-0.39, 0.29) is 35.2 Å². The van der Waals surface area contributed by atoms with Crippen LogP contribution in [0, 0.1) is 0 Å². The zero-order chi connectivity index (χ0) is 6.69. The number of carbonyl (C=O) groups excluding carboxylic acids is 1. The molecule has 0 aliphatic rings. The molecule has 1 radical (unpaired) electrons. The average Bonchev–Trinajstić information content (AvgIpc) is 1.90. The van der Waals surface area contributed by atoms with Crippen molar-refractivity contribution in [3.05, 3.63) is 24.3 Å². The molecule has 11 heavy (non-hydrogen) atoms. The van der Waals surface area contributed by atoms with Gasteiger partial charge in [0.1, 0.15) is 5.69 Å². The molecule has 0 fully saturated rings. The SMILES string of the molecule is O=C([O-])c1cnccn1.[Cl-].[Cu+2]. The molecule has 0 atom stereocenters. The first-order valence-electron chi connectivity index (χ1n) is 2.28. The summed E-state index contributed by atoms with van der Waals surface area (Å²) in [6.45, 7) is 0. The molecular formula is C5H3ClCuN2O2. The Kier molecular flexibility index (Phi) is 7.19. The van der Waals surface area contributed by atoms with Gasteiger partial charge in [0.15, 0.2) is 0 Å². The quantitative estimate of drug-likeness (QED) is 0.452. The summed E-state index contributed by atoms with van der Waals surface area (Å²) in [6.07, 6.45) is 3.83. The van der Waals surface area contributed by atoms with Crippen LogP contribution >= 0.6 is 0 Å². The van der Waals surface area contributed by atoms with Crippen molar-refractivity contribution in [1.29, 1.82) is 0 Å². The minimum atomic E-state index is -1.30. The fourth-order valence-corrected chi connectivity index (χ4v) is 0.405. The zero-order valence-electron chi connectivity index (χ0n) is 5.12. The van der Waals surface area contributed by atoms with Crippen molar-refractivity contribution < 1.29 is 39.4 Å². The normalized spacial score (nSPS) is 7.27. The Morgan fingerprint density at radius 3 is 2.36 bits per heavy atom. The predicted molar refractivity (Wildman–Crippen MR) is 26.4 cm³/mol. The van der Waals surface area contributed by atoms with Crippen LogP contribution in [0.15, 0.2) is 18.6 Å². The summed E-state index contributed by atoms with van der Waals surface area (Å²) in [6, 6.07) is 0. The molecule has 1 aromatic heterocycles. The Hall–Kier alpha value is -0.641. The second-order valence-electron chi connectivity index (χ2n) is 1.38. The fraction of sp³-hybridized carbons (Fsp3) is 0. The molecule has 0 aliphatic heterocycles. The number of hydrogen-bond acceptors (Lipinski definition) is 4. The smallest absolute Gasteiger partial charge is 1.00 e. The van der Waals surface area contributed by atoms with E-state index in [0.29, 0.717) is 0 Å². The number of rotatable bonds is 1. The van der Waals surface area contributed by atoms with E-state index in [0.717, 1.165) is 6.20 Å². The van der Waals surface area contributed by atoms with Crippen molar-refractivity contribution in [2.75, 3.05) is 0 Å². The van der Waals surface area contributed by atoms with Gasteiger partial charge in [0.25, 0.3) is 0 Å². The molecular weight excluding hydrogens is 219 g/mol. The molecule has 4 nitrogen and oxygen atoms in total. The third kappa shape index (κ3) is 3.93. The van der Waals surface area contributed by atoms with Crippen molar-refractivity contribution in [3.8, 4) is 0 Å². The molecule has 0 saturated heterocycles. The first-order valence-corrected chi connectivity index (χ1v) is 2.28. The van der Waals surface area contributed by atoms with Crippen molar-refractivity contribution in [2.45, 2.75) is 0 Å². The number of carboxylic acids is 1. The Bertz CT molecular complexity index is 219. The van der Waals surface area contributed by atoms with Crippen molar-refractivity contribution in [3.63, 3.8) is 0 Å². The maximum Gasteiger partial charge on any atom is 2.00 e. The summed E-state index contributed by atoms with van der Waals surface area (Å²) in [7, 11) is 0. The van der Waals surface area contributed by atoms with Gasteiger partial charge in [-0.05, 0) is 0 Å². The third-order valence-electron chi connectivity index (χ3n) is 0.772. The van der Waals surface area contributed by atoms with E-state index in [4.69, 9.17) is 0 Å². The van der Waals surface area contributed by atoms with E-state index >= 15 is 0 Å². The van der Waals surface area contributed by atoms with E-state index in [2.05, 4.69) is 9.97 Å². The Labute approximate surface area is 79.9 Å². The number of halogens is 1. The second-order valence-corrected chi connectivity index (χ2v) is 1.38. The monoisotopic (exact) mass is 221 g/mol. The summed E-state index contributed by atoms with van der Waals surface area (Å²) < 4.78 is 0. The van der Waals surface area contributed by atoms with Gasteiger partial charge in [-0.1, -0.05) is 0 Å². The molecule has 1 heterocycles. The average molecular weight is 222 g/mol. The van der Waals surface area contributed by atoms with Crippen LogP contribution in [0.2, 0.25) is 0 Å². The number of hydrogen-bond donors (Lipinski definition) is 0. The van der Waals surface area contributed by atoms with Gasteiger partial charge in [-0.2, -0.15) is 0 Å². The van der Waals surface area contributed by atoms with E-state index in [9.17, 15) is 9.90 Å². The maximum absolute atomic E-state index is 9.99. The molecule has 0 amide bonds. The Morgan fingerprint density at radius 2 is 2.09 bits per heavy atom. The van der Waals surface area contributed by atoms with Crippen LogP contribution in [0.4, 0.5) is 0 Å². The molecule has 63 valence electrons. The molecule has 1 rings (SSSR count). The fourth-order valence-electron chi connectivity index (χ4n) is 0.405. The second kappa shape index (κ2) is 6.09. The number of nitrogens with zero attached hydrogens (tertiary/aromatic N) is 2. The molecule has 0 saturated carbocycles. The number of carboxylic acid groups (broad SMARTS) is 1. The van der Waals surface area contributed by atoms with E-state index in [1.165, 1.54) is 12.4 Å².